The summed E-state index contributed by atoms with van der Waals surface area (Å²) in [5.74, 6) is -2.02. The van der Waals surface area contributed by atoms with Crippen LogP contribution in [0.1, 0.15) is 39.5 Å². The van der Waals surface area contributed by atoms with Crippen LogP contribution in [0.25, 0.3) is 0 Å². The fourth-order valence-corrected chi connectivity index (χ4v) is 3.29. The Hall–Kier alpha value is -1.57. The van der Waals surface area contributed by atoms with Gasteiger partial charge in [-0.15, -0.1) is 0 Å². The minimum Gasteiger partial charge on any atom is -0.480 e. The smallest absolute Gasteiger partial charge is 0.326 e. The van der Waals surface area contributed by atoms with Crippen molar-refractivity contribution in [2.75, 3.05) is 18.9 Å². The third-order valence-electron chi connectivity index (χ3n) is 3.66. The number of carboxylic acid groups (broad SMARTS) is 1. The Balaban J connectivity index is 2.72. The summed E-state index contributed by atoms with van der Waals surface area (Å²) < 4.78 is 4.85. The lowest BCUT2D eigenvalue weighted by Crippen LogP contribution is -2.44. The van der Waals surface area contributed by atoms with Gasteiger partial charge in [-0.05, 0) is 26.2 Å². The van der Waals surface area contributed by atoms with E-state index >= 15 is 0 Å². The van der Waals surface area contributed by atoms with E-state index in [0.717, 1.165) is 11.8 Å². The van der Waals surface area contributed by atoms with E-state index < -0.39 is 23.9 Å². The summed E-state index contributed by atoms with van der Waals surface area (Å²) in [4.78, 5) is 47.9. The number of hydrogen-bond donors (Lipinski definition) is 1. The summed E-state index contributed by atoms with van der Waals surface area (Å²) >= 11 is 1.02. The molecule has 1 N–H and O–H groups in total. The quantitative estimate of drug-likeness (QED) is 0.662. The van der Waals surface area contributed by atoms with E-state index in [1.54, 1.807) is 6.92 Å². The molecule has 1 rings (SSSR count). The lowest BCUT2D eigenvalue weighted by atomic mass is 10.0. The number of carbonyl (C=O) groups is 4. The SMILES string of the molecule is CCOC(=O)CCC(CSC(C)=O)C(=O)N1CCC[C@H]1C(=O)O. The van der Waals surface area contributed by atoms with Crippen molar-refractivity contribution in [3.8, 4) is 0 Å². The van der Waals surface area contributed by atoms with Crippen LogP contribution in [0.2, 0.25) is 0 Å². The summed E-state index contributed by atoms with van der Waals surface area (Å²) in [6, 6.07) is -0.810. The van der Waals surface area contributed by atoms with Crippen LogP contribution in [0.3, 0.4) is 0 Å². The number of rotatable bonds is 8. The maximum Gasteiger partial charge on any atom is 0.326 e. The first-order valence-electron chi connectivity index (χ1n) is 7.69. The number of carbonyl (C=O) groups excluding carboxylic acids is 3. The molecular weight excluding hydrogens is 322 g/mol. The lowest BCUT2D eigenvalue weighted by molar-refractivity contribution is -0.150. The normalized spacial score (nSPS) is 18.5. The van der Waals surface area contributed by atoms with Crippen molar-refractivity contribution in [3.63, 3.8) is 0 Å². The third-order valence-corrected chi connectivity index (χ3v) is 4.64. The third kappa shape index (κ3) is 6.21. The van der Waals surface area contributed by atoms with E-state index in [2.05, 4.69) is 0 Å². The molecule has 1 fully saturated rings. The Kier molecular flexibility index (Phi) is 8.08. The van der Waals surface area contributed by atoms with Crippen LogP contribution < -0.4 is 0 Å². The van der Waals surface area contributed by atoms with Gasteiger partial charge in [0.05, 0.1) is 6.61 Å². The molecule has 0 radical (unpaired) electrons. The van der Waals surface area contributed by atoms with Crippen LogP contribution in [-0.4, -0.2) is 57.9 Å². The fourth-order valence-electron chi connectivity index (χ4n) is 2.54. The number of hydrogen-bond acceptors (Lipinski definition) is 6. The summed E-state index contributed by atoms with van der Waals surface area (Å²) in [6.45, 7) is 3.78. The molecule has 130 valence electrons. The van der Waals surface area contributed by atoms with Crippen molar-refractivity contribution < 1.29 is 29.0 Å². The fraction of sp³-hybridized carbons (Fsp3) is 0.733. The monoisotopic (exact) mass is 345 g/mol. The van der Waals surface area contributed by atoms with E-state index in [0.29, 0.717) is 19.4 Å². The summed E-state index contributed by atoms with van der Waals surface area (Å²) in [5.41, 5.74) is 0. The summed E-state index contributed by atoms with van der Waals surface area (Å²) in [7, 11) is 0. The number of amides is 1. The number of ether oxygens (including phenoxy) is 1. The minimum atomic E-state index is -1.01. The van der Waals surface area contributed by atoms with Gasteiger partial charge in [-0.3, -0.25) is 14.4 Å². The molecule has 0 bridgehead atoms. The molecule has 7 nitrogen and oxygen atoms in total. The number of likely N-dealkylation sites (tertiary alicyclic amines) is 1. The van der Waals surface area contributed by atoms with Crippen molar-refractivity contribution in [3.05, 3.63) is 0 Å². The van der Waals surface area contributed by atoms with Gasteiger partial charge in [-0.1, -0.05) is 11.8 Å². The molecule has 1 amide bonds. The highest BCUT2D eigenvalue weighted by Gasteiger charge is 2.37. The maximum absolute atomic E-state index is 12.6. The molecule has 1 aliphatic heterocycles. The molecule has 2 atom stereocenters. The topological polar surface area (TPSA) is 101 Å². The second-order valence-electron chi connectivity index (χ2n) is 5.37. The van der Waals surface area contributed by atoms with Crippen molar-refractivity contribution in [2.24, 2.45) is 5.92 Å². The van der Waals surface area contributed by atoms with Gasteiger partial charge in [0, 0.05) is 31.6 Å². The van der Waals surface area contributed by atoms with Gasteiger partial charge in [0.15, 0.2) is 5.12 Å². The molecule has 0 aromatic heterocycles. The molecule has 1 saturated heterocycles. The molecule has 1 heterocycles. The van der Waals surface area contributed by atoms with Crippen LogP contribution >= 0.6 is 11.8 Å². The van der Waals surface area contributed by atoms with Crippen LogP contribution in [-0.2, 0) is 23.9 Å². The molecule has 0 aliphatic carbocycles. The lowest BCUT2D eigenvalue weighted by Gasteiger charge is -2.26. The predicted octanol–water partition coefficient (Wildman–Crippen LogP) is 1.30. The molecule has 0 aromatic rings. The molecule has 1 unspecified atom stereocenters. The average molecular weight is 345 g/mol. The summed E-state index contributed by atoms with van der Waals surface area (Å²) in [6.07, 6.45) is 1.41. The highest BCUT2D eigenvalue weighted by atomic mass is 32.2. The van der Waals surface area contributed by atoms with E-state index in [-0.39, 0.29) is 36.2 Å². The van der Waals surface area contributed by atoms with Crippen LogP contribution in [0.4, 0.5) is 0 Å². The zero-order valence-electron chi connectivity index (χ0n) is 13.4. The highest BCUT2D eigenvalue weighted by Crippen LogP contribution is 2.24. The Morgan fingerprint density at radius 3 is 2.61 bits per heavy atom. The van der Waals surface area contributed by atoms with Gasteiger partial charge < -0.3 is 14.7 Å². The summed E-state index contributed by atoms with van der Waals surface area (Å²) in [5, 5.41) is 9.08. The predicted molar refractivity (Wildman–Crippen MR) is 84.9 cm³/mol. The molecule has 1 aliphatic rings. The first-order chi connectivity index (χ1) is 10.9. The van der Waals surface area contributed by atoms with Gasteiger partial charge in [0.1, 0.15) is 6.04 Å². The van der Waals surface area contributed by atoms with Crippen molar-refractivity contribution in [1.29, 1.82) is 0 Å². The van der Waals surface area contributed by atoms with Gasteiger partial charge in [0.25, 0.3) is 0 Å². The van der Waals surface area contributed by atoms with Crippen LogP contribution in [0, 0.1) is 5.92 Å². The van der Waals surface area contributed by atoms with Gasteiger partial charge in [-0.25, -0.2) is 4.79 Å². The highest BCUT2D eigenvalue weighted by molar-refractivity contribution is 8.13. The molecule has 0 aromatic carbocycles. The largest absolute Gasteiger partial charge is 0.480 e. The molecule has 8 heteroatoms. The molecule has 0 spiro atoms. The van der Waals surface area contributed by atoms with E-state index in [1.165, 1.54) is 11.8 Å². The minimum absolute atomic E-state index is 0.0777. The molecule has 23 heavy (non-hydrogen) atoms. The first-order valence-corrected chi connectivity index (χ1v) is 8.67. The first kappa shape index (κ1) is 19.5. The van der Waals surface area contributed by atoms with E-state index in [1.807, 2.05) is 0 Å². The van der Waals surface area contributed by atoms with Crippen molar-refractivity contribution in [1.82, 2.24) is 4.90 Å². The van der Waals surface area contributed by atoms with Gasteiger partial charge >= 0.3 is 11.9 Å². The molecule has 0 saturated carbocycles. The van der Waals surface area contributed by atoms with E-state index in [9.17, 15) is 24.3 Å². The number of nitrogens with zero attached hydrogens (tertiary/aromatic N) is 1. The Labute approximate surface area is 139 Å². The number of carboxylic acids is 1. The molecular formula is C15H23NO6S. The number of thioether (sulfide) groups is 1. The van der Waals surface area contributed by atoms with Gasteiger partial charge in [-0.2, -0.15) is 0 Å². The maximum atomic E-state index is 12.6. The number of aliphatic carboxylic acids is 1. The standard InChI is InChI=1S/C15H23NO6S/c1-3-22-13(18)7-6-11(9-23-10(2)17)14(19)16-8-4-5-12(16)15(20)21/h11-12H,3-9H2,1-2H3,(H,20,21)/t11?,12-/m0/s1. The van der Waals surface area contributed by atoms with Gasteiger partial charge in [0.2, 0.25) is 5.91 Å². The zero-order valence-corrected chi connectivity index (χ0v) is 14.3. The zero-order chi connectivity index (χ0) is 17.4. The van der Waals surface area contributed by atoms with E-state index in [4.69, 9.17) is 4.74 Å². The van der Waals surface area contributed by atoms with Crippen LogP contribution in [0.5, 0.6) is 0 Å². The Morgan fingerprint density at radius 1 is 1.35 bits per heavy atom. The average Bonchev–Trinajstić information content (AvgIpc) is 2.96. The Bertz CT molecular complexity index is 467. The second-order valence-corrected chi connectivity index (χ2v) is 6.57. The number of esters is 1. The van der Waals surface area contributed by atoms with Crippen molar-refractivity contribution in [2.45, 2.75) is 45.6 Å². The van der Waals surface area contributed by atoms with Crippen LogP contribution in [0.15, 0.2) is 0 Å². The Morgan fingerprint density at radius 2 is 2.04 bits per heavy atom. The van der Waals surface area contributed by atoms with Crippen molar-refractivity contribution >= 4 is 34.7 Å². The second kappa shape index (κ2) is 9.54.